The lowest BCUT2D eigenvalue weighted by Crippen LogP contribution is -2.44. The molecule has 1 amide bonds. The van der Waals surface area contributed by atoms with Crippen LogP contribution in [0.4, 0.5) is 18.9 Å². The van der Waals surface area contributed by atoms with Crippen LogP contribution < -0.4 is 5.73 Å². The molecule has 5 nitrogen and oxygen atoms in total. The number of carbonyl (C=O) groups excluding carboxylic acids is 1. The van der Waals surface area contributed by atoms with Crippen LogP contribution in [0.25, 0.3) is 0 Å². The minimum atomic E-state index is -4.48. The van der Waals surface area contributed by atoms with Crippen molar-refractivity contribution in [3.8, 4) is 0 Å². The largest absolute Gasteiger partial charge is 0.418 e. The van der Waals surface area contributed by atoms with Crippen molar-refractivity contribution in [3.05, 3.63) is 29.3 Å². The van der Waals surface area contributed by atoms with Gasteiger partial charge < -0.3 is 15.4 Å². The van der Waals surface area contributed by atoms with Gasteiger partial charge in [-0.25, -0.2) is 0 Å². The molecule has 2 N–H and O–H groups in total. The maximum absolute atomic E-state index is 12.9. The number of benzene rings is 1. The molecule has 1 fully saturated rings. The highest BCUT2D eigenvalue weighted by Gasteiger charge is 2.33. The average Bonchev–Trinajstić information content (AvgIpc) is 2.49. The molecule has 0 saturated carbocycles. The van der Waals surface area contributed by atoms with Crippen LogP contribution >= 0.6 is 0 Å². The normalized spacial score (nSPS) is 16.0. The number of hydrogen-bond acceptors (Lipinski definition) is 4. The molecular formula is C15H20F3N3O2. The molecule has 0 bridgehead atoms. The van der Waals surface area contributed by atoms with Crippen LogP contribution in [0.3, 0.4) is 0 Å². The van der Waals surface area contributed by atoms with Gasteiger partial charge in [0.2, 0.25) is 5.91 Å². The highest BCUT2D eigenvalue weighted by atomic mass is 19.4. The van der Waals surface area contributed by atoms with Gasteiger partial charge in [0.05, 0.1) is 25.3 Å². The van der Waals surface area contributed by atoms with Crippen molar-refractivity contribution >= 4 is 11.6 Å². The fourth-order valence-electron chi connectivity index (χ4n) is 2.49. The molecule has 0 aliphatic carbocycles. The Morgan fingerprint density at radius 2 is 2.00 bits per heavy atom. The Morgan fingerprint density at radius 3 is 2.61 bits per heavy atom. The van der Waals surface area contributed by atoms with E-state index in [0.717, 1.165) is 6.07 Å². The number of amides is 1. The Labute approximate surface area is 132 Å². The van der Waals surface area contributed by atoms with Gasteiger partial charge in [-0.3, -0.25) is 9.69 Å². The third-order valence-electron chi connectivity index (χ3n) is 3.71. The quantitative estimate of drug-likeness (QED) is 0.851. The molecule has 8 heteroatoms. The van der Waals surface area contributed by atoms with Crippen LogP contribution in [0.1, 0.15) is 11.1 Å². The summed E-state index contributed by atoms with van der Waals surface area (Å²) < 4.78 is 43.7. The van der Waals surface area contributed by atoms with Crippen molar-refractivity contribution in [1.29, 1.82) is 0 Å². The van der Waals surface area contributed by atoms with Crippen molar-refractivity contribution < 1.29 is 22.7 Å². The van der Waals surface area contributed by atoms with Gasteiger partial charge in [-0.15, -0.1) is 0 Å². The molecule has 128 valence electrons. The Morgan fingerprint density at radius 1 is 1.35 bits per heavy atom. The molecule has 0 atom stereocenters. The molecule has 1 aliphatic heterocycles. The first kappa shape index (κ1) is 17.6. The number of carbonyl (C=O) groups is 1. The topological polar surface area (TPSA) is 58.8 Å². The first-order valence-corrected chi connectivity index (χ1v) is 7.27. The van der Waals surface area contributed by atoms with E-state index in [1.54, 1.807) is 22.9 Å². The van der Waals surface area contributed by atoms with Crippen LogP contribution in [-0.2, 0) is 22.3 Å². The van der Waals surface area contributed by atoms with Gasteiger partial charge in [0.15, 0.2) is 0 Å². The van der Waals surface area contributed by atoms with Gasteiger partial charge >= 0.3 is 6.18 Å². The molecule has 23 heavy (non-hydrogen) atoms. The van der Waals surface area contributed by atoms with Gasteiger partial charge in [-0.2, -0.15) is 13.2 Å². The zero-order chi connectivity index (χ0) is 17.0. The van der Waals surface area contributed by atoms with E-state index in [9.17, 15) is 18.0 Å². The summed E-state index contributed by atoms with van der Waals surface area (Å²) >= 11 is 0. The number of ether oxygens (including phenoxy) is 1. The lowest BCUT2D eigenvalue weighted by atomic mass is 10.1. The third kappa shape index (κ3) is 4.59. The summed E-state index contributed by atoms with van der Waals surface area (Å²) in [5.74, 6) is -0.0682. The fourth-order valence-corrected chi connectivity index (χ4v) is 2.49. The number of likely N-dealkylation sites (N-methyl/N-ethyl adjacent to an activating group) is 1. The Kier molecular flexibility index (Phi) is 5.48. The lowest BCUT2D eigenvalue weighted by Gasteiger charge is -2.29. The van der Waals surface area contributed by atoms with Gasteiger partial charge in [0, 0.05) is 25.3 Å². The highest BCUT2D eigenvalue weighted by molar-refractivity contribution is 5.78. The van der Waals surface area contributed by atoms with Crippen molar-refractivity contribution in [1.82, 2.24) is 9.80 Å². The number of para-hydroxylation sites is 1. The summed E-state index contributed by atoms with van der Waals surface area (Å²) in [6, 6.07) is 3.82. The van der Waals surface area contributed by atoms with Crippen LogP contribution in [0.15, 0.2) is 18.2 Å². The van der Waals surface area contributed by atoms with Crippen LogP contribution in [0.5, 0.6) is 0 Å². The number of nitrogens with two attached hydrogens (primary N) is 1. The molecule has 1 heterocycles. The number of anilines is 1. The summed E-state index contributed by atoms with van der Waals surface area (Å²) in [5, 5.41) is 0. The smallest absolute Gasteiger partial charge is 0.398 e. The first-order chi connectivity index (χ1) is 10.8. The Bertz CT molecular complexity index is 557. The zero-order valence-electron chi connectivity index (χ0n) is 12.9. The van der Waals surface area contributed by atoms with Crippen molar-refractivity contribution in [2.24, 2.45) is 0 Å². The molecule has 1 aromatic rings. The van der Waals surface area contributed by atoms with Crippen LogP contribution in [0, 0.1) is 0 Å². The van der Waals surface area contributed by atoms with Crippen molar-refractivity contribution in [2.45, 2.75) is 12.7 Å². The van der Waals surface area contributed by atoms with Crippen LogP contribution in [-0.4, -0.2) is 55.6 Å². The lowest BCUT2D eigenvalue weighted by molar-refractivity contribution is -0.137. The van der Waals surface area contributed by atoms with E-state index in [-0.39, 0.29) is 24.7 Å². The Hall–Kier alpha value is -1.80. The van der Waals surface area contributed by atoms with Crippen molar-refractivity contribution in [2.75, 3.05) is 45.6 Å². The van der Waals surface area contributed by atoms with E-state index in [2.05, 4.69) is 0 Å². The molecule has 1 aromatic carbocycles. The molecule has 1 saturated heterocycles. The summed E-state index contributed by atoms with van der Waals surface area (Å²) in [5.41, 5.74) is 4.86. The molecule has 0 aromatic heterocycles. The maximum Gasteiger partial charge on any atom is 0.418 e. The number of morpholine rings is 1. The molecule has 2 rings (SSSR count). The fraction of sp³-hybridized carbons (Fsp3) is 0.533. The molecule has 0 spiro atoms. The second kappa shape index (κ2) is 7.18. The summed E-state index contributed by atoms with van der Waals surface area (Å²) in [4.78, 5) is 15.5. The van der Waals surface area contributed by atoms with E-state index in [1.807, 2.05) is 0 Å². The molecular weight excluding hydrogens is 311 g/mol. The number of hydrogen-bond donors (Lipinski definition) is 1. The minimum Gasteiger partial charge on any atom is -0.398 e. The van der Waals surface area contributed by atoms with E-state index in [0.29, 0.717) is 31.9 Å². The average molecular weight is 331 g/mol. The van der Waals surface area contributed by atoms with Gasteiger partial charge in [0.1, 0.15) is 0 Å². The first-order valence-electron chi connectivity index (χ1n) is 7.27. The third-order valence-corrected chi connectivity index (χ3v) is 3.71. The summed E-state index contributed by atoms with van der Waals surface area (Å²) in [6.45, 7) is 2.39. The number of nitrogen functional groups attached to an aromatic ring is 1. The second-order valence-corrected chi connectivity index (χ2v) is 5.54. The van der Waals surface area contributed by atoms with Crippen LogP contribution in [0.2, 0.25) is 0 Å². The Balaban J connectivity index is 2.00. The van der Waals surface area contributed by atoms with E-state index < -0.39 is 11.7 Å². The van der Waals surface area contributed by atoms with Gasteiger partial charge in [-0.05, 0) is 18.7 Å². The van der Waals surface area contributed by atoms with E-state index >= 15 is 0 Å². The highest BCUT2D eigenvalue weighted by Crippen LogP contribution is 2.35. The second-order valence-electron chi connectivity index (χ2n) is 5.54. The zero-order valence-corrected chi connectivity index (χ0v) is 12.9. The number of rotatable bonds is 4. The predicted molar refractivity (Wildman–Crippen MR) is 79.6 cm³/mol. The number of nitrogens with zero attached hydrogens (tertiary/aromatic N) is 2. The van der Waals surface area contributed by atoms with E-state index in [1.165, 1.54) is 6.07 Å². The van der Waals surface area contributed by atoms with Gasteiger partial charge in [0.25, 0.3) is 0 Å². The minimum absolute atomic E-state index is 0.0682. The SMILES string of the molecule is CN(CC(=O)N1CCOCC1)Cc1cccc(C(F)(F)F)c1N. The molecule has 0 unspecified atom stereocenters. The summed E-state index contributed by atoms with van der Waals surface area (Å²) in [6.07, 6.45) is -4.48. The molecule has 0 radical (unpaired) electrons. The standard InChI is InChI=1S/C15H20F3N3O2/c1-20(10-13(22)21-5-7-23-8-6-21)9-11-3-2-4-12(14(11)19)15(16,17)18/h2-4H,5-10,19H2,1H3. The molecule has 1 aliphatic rings. The maximum atomic E-state index is 12.9. The van der Waals surface area contributed by atoms with Gasteiger partial charge in [-0.1, -0.05) is 12.1 Å². The predicted octanol–water partition coefficient (Wildman–Crippen LogP) is 1.58. The monoisotopic (exact) mass is 331 g/mol. The van der Waals surface area contributed by atoms with Crippen molar-refractivity contribution in [3.63, 3.8) is 0 Å². The number of halogens is 3. The summed E-state index contributed by atoms with van der Waals surface area (Å²) in [7, 11) is 1.68. The van der Waals surface area contributed by atoms with E-state index in [4.69, 9.17) is 10.5 Å². The number of alkyl halides is 3.